The lowest BCUT2D eigenvalue weighted by molar-refractivity contribution is 0.392. The molecule has 0 amide bonds. The molecule has 0 heterocycles. The Morgan fingerprint density at radius 3 is 2.22 bits per heavy atom. The highest BCUT2D eigenvalue weighted by atomic mass is 32.2. The van der Waals surface area contributed by atoms with Crippen LogP contribution in [0.4, 0.5) is 5.69 Å². The second-order valence-electron chi connectivity index (χ2n) is 4.54. The Morgan fingerprint density at radius 2 is 1.78 bits per heavy atom. The van der Waals surface area contributed by atoms with E-state index in [1.54, 1.807) is 24.3 Å². The summed E-state index contributed by atoms with van der Waals surface area (Å²) in [6, 6.07) is 7.03. The summed E-state index contributed by atoms with van der Waals surface area (Å²) >= 11 is 0. The molecule has 0 spiro atoms. The first-order valence-electron chi connectivity index (χ1n) is 5.80. The smallest absolute Gasteiger partial charge is 0.240 e. The van der Waals surface area contributed by atoms with Gasteiger partial charge in [0.15, 0.2) is 0 Å². The van der Waals surface area contributed by atoms with Crippen LogP contribution in [0.5, 0.6) is 0 Å². The van der Waals surface area contributed by atoms with Crippen LogP contribution in [0.3, 0.4) is 0 Å². The van der Waals surface area contributed by atoms with Gasteiger partial charge in [-0.2, -0.15) is 0 Å². The predicted molar refractivity (Wildman–Crippen MR) is 74.3 cm³/mol. The quantitative estimate of drug-likeness (QED) is 0.809. The topological polar surface area (TPSA) is 61.4 Å². The summed E-state index contributed by atoms with van der Waals surface area (Å²) in [5, 5.41) is 3.31. The van der Waals surface area contributed by atoms with Crippen molar-refractivity contribution in [3.63, 3.8) is 0 Å². The zero-order chi connectivity index (χ0) is 13.8. The SMILES string of the molecule is CNS(=O)(=O)c1ccc(NC(C)CN(C)C)cc1. The molecular weight excluding hydrogens is 250 g/mol. The Hall–Kier alpha value is -1.11. The molecule has 6 heteroatoms. The zero-order valence-corrected chi connectivity index (χ0v) is 12.1. The highest BCUT2D eigenvalue weighted by Gasteiger charge is 2.10. The normalized spacial score (nSPS) is 13.6. The van der Waals surface area contributed by atoms with Gasteiger partial charge in [0.05, 0.1) is 4.90 Å². The molecule has 2 N–H and O–H groups in total. The van der Waals surface area contributed by atoms with Crippen molar-refractivity contribution < 1.29 is 8.42 Å². The standard InChI is InChI=1S/C12H21N3O2S/c1-10(9-15(3)4)14-11-5-7-12(8-6-11)18(16,17)13-2/h5-8,10,13-14H,9H2,1-4H3. The van der Waals surface area contributed by atoms with E-state index in [4.69, 9.17) is 0 Å². The predicted octanol–water partition coefficient (Wildman–Crippen LogP) is 0.957. The molecule has 18 heavy (non-hydrogen) atoms. The average molecular weight is 271 g/mol. The van der Waals surface area contributed by atoms with Gasteiger partial charge < -0.3 is 10.2 Å². The van der Waals surface area contributed by atoms with E-state index < -0.39 is 10.0 Å². The van der Waals surface area contributed by atoms with Crippen LogP contribution in [0.1, 0.15) is 6.92 Å². The number of rotatable bonds is 6. The lowest BCUT2D eigenvalue weighted by Gasteiger charge is -2.19. The number of nitrogens with zero attached hydrogens (tertiary/aromatic N) is 1. The first kappa shape index (κ1) is 14.9. The molecule has 1 aromatic rings. The second kappa shape index (κ2) is 6.17. The van der Waals surface area contributed by atoms with Crippen LogP contribution < -0.4 is 10.0 Å². The van der Waals surface area contributed by atoms with E-state index in [9.17, 15) is 8.42 Å². The third-order valence-corrected chi connectivity index (χ3v) is 3.92. The molecule has 102 valence electrons. The van der Waals surface area contributed by atoms with Crippen LogP contribution in [0, 0.1) is 0 Å². The van der Waals surface area contributed by atoms with Crippen molar-refractivity contribution in [2.24, 2.45) is 0 Å². The van der Waals surface area contributed by atoms with Gasteiger partial charge in [-0.3, -0.25) is 0 Å². The molecule has 0 aliphatic carbocycles. The summed E-state index contributed by atoms with van der Waals surface area (Å²) in [5.41, 5.74) is 0.916. The van der Waals surface area contributed by atoms with Crippen molar-refractivity contribution in [3.05, 3.63) is 24.3 Å². The largest absolute Gasteiger partial charge is 0.381 e. The van der Waals surface area contributed by atoms with Crippen molar-refractivity contribution in [1.29, 1.82) is 0 Å². The van der Waals surface area contributed by atoms with E-state index in [-0.39, 0.29) is 4.90 Å². The van der Waals surface area contributed by atoms with Gasteiger partial charge in [0.25, 0.3) is 0 Å². The molecule has 0 fully saturated rings. The summed E-state index contributed by atoms with van der Waals surface area (Å²) in [5.74, 6) is 0. The minimum atomic E-state index is -3.35. The summed E-state index contributed by atoms with van der Waals surface area (Å²) < 4.78 is 25.4. The lowest BCUT2D eigenvalue weighted by Crippen LogP contribution is -2.29. The molecule has 0 bridgehead atoms. The van der Waals surface area contributed by atoms with Gasteiger partial charge in [0.2, 0.25) is 10.0 Å². The zero-order valence-electron chi connectivity index (χ0n) is 11.3. The van der Waals surface area contributed by atoms with E-state index in [0.29, 0.717) is 6.04 Å². The van der Waals surface area contributed by atoms with E-state index >= 15 is 0 Å². The number of hydrogen-bond acceptors (Lipinski definition) is 4. The van der Waals surface area contributed by atoms with Crippen LogP contribution in [0.15, 0.2) is 29.2 Å². The maximum absolute atomic E-state index is 11.5. The number of sulfonamides is 1. The van der Waals surface area contributed by atoms with Gasteiger partial charge in [-0.1, -0.05) is 0 Å². The average Bonchev–Trinajstić information content (AvgIpc) is 2.28. The first-order chi connectivity index (χ1) is 8.35. The molecule has 0 saturated heterocycles. The van der Waals surface area contributed by atoms with Crippen molar-refractivity contribution in [1.82, 2.24) is 9.62 Å². The van der Waals surface area contributed by atoms with Gasteiger partial charge in [0, 0.05) is 18.3 Å². The van der Waals surface area contributed by atoms with Gasteiger partial charge >= 0.3 is 0 Å². The Labute approximate surface area is 109 Å². The number of benzene rings is 1. The minimum absolute atomic E-state index is 0.274. The van der Waals surface area contributed by atoms with Gasteiger partial charge in [-0.05, 0) is 52.3 Å². The summed E-state index contributed by atoms with van der Waals surface area (Å²) in [6.45, 7) is 2.99. The van der Waals surface area contributed by atoms with E-state index in [1.807, 2.05) is 14.1 Å². The fourth-order valence-electron chi connectivity index (χ4n) is 1.73. The van der Waals surface area contributed by atoms with E-state index in [2.05, 4.69) is 21.9 Å². The van der Waals surface area contributed by atoms with Crippen molar-refractivity contribution >= 4 is 15.7 Å². The van der Waals surface area contributed by atoms with Crippen molar-refractivity contribution in [2.45, 2.75) is 17.9 Å². The van der Waals surface area contributed by atoms with Gasteiger partial charge in [0.1, 0.15) is 0 Å². The van der Waals surface area contributed by atoms with E-state index in [0.717, 1.165) is 12.2 Å². The fraction of sp³-hybridized carbons (Fsp3) is 0.500. The Morgan fingerprint density at radius 1 is 1.22 bits per heavy atom. The summed E-state index contributed by atoms with van der Waals surface area (Å²) in [4.78, 5) is 2.37. The highest BCUT2D eigenvalue weighted by molar-refractivity contribution is 7.89. The summed E-state index contributed by atoms with van der Waals surface area (Å²) in [6.07, 6.45) is 0. The Bertz CT molecular complexity index is 469. The van der Waals surface area contributed by atoms with Crippen LogP contribution >= 0.6 is 0 Å². The lowest BCUT2D eigenvalue weighted by atomic mass is 10.2. The maximum Gasteiger partial charge on any atom is 0.240 e. The molecule has 0 radical (unpaired) electrons. The molecule has 0 aliphatic heterocycles. The number of anilines is 1. The first-order valence-corrected chi connectivity index (χ1v) is 7.28. The van der Waals surface area contributed by atoms with Crippen LogP contribution in [0.25, 0.3) is 0 Å². The molecular formula is C12H21N3O2S. The maximum atomic E-state index is 11.5. The van der Waals surface area contributed by atoms with Gasteiger partial charge in [-0.15, -0.1) is 0 Å². The molecule has 0 saturated carbocycles. The van der Waals surface area contributed by atoms with Crippen molar-refractivity contribution in [3.8, 4) is 0 Å². The Balaban J connectivity index is 2.72. The summed E-state index contributed by atoms with van der Waals surface area (Å²) in [7, 11) is 2.08. The Kier molecular flexibility index (Phi) is 5.13. The monoisotopic (exact) mass is 271 g/mol. The second-order valence-corrected chi connectivity index (χ2v) is 6.43. The van der Waals surface area contributed by atoms with Crippen LogP contribution in [-0.4, -0.2) is 47.0 Å². The molecule has 5 nitrogen and oxygen atoms in total. The highest BCUT2D eigenvalue weighted by Crippen LogP contribution is 2.14. The molecule has 1 unspecified atom stereocenters. The number of hydrogen-bond donors (Lipinski definition) is 2. The third-order valence-electron chi connectivity index (χ3n) is 2.49. The van der Waals surface area contributed by atoms with Gasteiger partial charge in [-0.25, -0.2) is 13.1 Å². The molecule has 0 aromatic heterocycles. The fourth-order valence-corrected chi connectivity index (χ4v) is 2.46. The molecule has 1 rings (SSSR count). The van der Waals surface area contributed by atoms with Crippen molar-refractivity contribution in [2.75, 3.05) is 33.0 Å². The van der Waals surface area contributed by atoms with Crippen LogP contribution in [-0.2, 0) is 10.0 Å². The van der Waals surface area contributed by atoms with Crippen LogP contribution in [0.2, 0.25) is 0 Å². The molecule has 1 aromatic carbocycles. The minimum Gasteiger partial charge on any atom is -0.381 e. The third kappa shape index (κ3) is 4.29. The number of likely N-dealkylation sites (N-methyl/N-ethyl adjacent to an activating group) is 1. The number of nitrogens with one attached hydrogen (secondary N) is 2. The van der Waals surface area contributed by atoms with E-state index in [1.165, 1.54) is 7.05 Å². The molecule has 0 aliphatic rings. The molecule has 1 atom stereocenters.